The molecule has 0 saturated carbocycles. The van der Waals surface area contributed by atoms with Gasteiger partial charge in [0.05, 0.1) is 17.5 Å². The molecule has 0 aliphatic rings. The van der Waals surface area contributed by atoms with Gasteiger partial charge < -0.3 is 5.73 Å². The number of aromatic nitrogens is 1. The number of anilines is 1. The van der Waals surface area contributed by atoms with Crippen LogP contribution in [0.5, 0.6) is 0 Å². The van der Waals surface area contributed by atoms with Crippen LogP contribution in [0.2, 0.25) is 5.02 Å². The van der Waals surface area contributed by atoms with E-state index in [1.807, 2.05) is 0 Å². The maximum atomic E-state index is 12.3. The van der Waals surface area contributed by atoms with Gasteiger partial charge in [0.15, 0.2) is 0 Å². The summed E-state index contributed by atoms with van der Waals surface area (Å²) in [5, 5.41) is 8.22. The van der Waals surface area contributed by atoms with Crippen molar-refractivity contribution in [2.45, 2.75) is 12.8 Å². The largest absolute Gasteiger partial charge is 0.384 e. The maximum Gasteiger partial charge on any atom is 0.281 e. The van der Waals surface area contributed by atoms with Gasteiger partial charge in [0, 0.05) is 0 Å². The molecule has 0 spiro atoms. The lowest BCUT2D eigenvalue weighted by atomic mass is 10.1. The molecule has 1 heterocycles. The summed E-state index contributed by atoms with van der Waals surface area (Å²) in [5.74, 6) is -0.0602. The molecule has 0 bridgehead atoms. The van der Waals surface area contributed by atoms with Gasteiger partial charge in [-0.3, -0.25) is 0 Å². The number of nitrogens with zero attached hydrogens (tertiary/aromatic N) is 2. The highest BCUT2D eigenvalue weighted by molar-refractivity contribution is 6.32. The Kier molecular flexibility index (Phi) is 3.20. The quantitative estimate of drug-likeness (QED) is 0.827. The number of pyridine rings is 1. The number of hydrogen-bond acceptors (Lipinski definition) is 3. The Morgan fingerprint density at radius 2 is 2.29 bits per heavy atom. The van der Waals surface area contributed by atoms with E-state index in [4.69, 9.17) is 22.6 Å². The third-order valence-corrected chi connectivity index (χ3v) is 1.99. The van der Waals surface area contributed by atoms with Gasteiger partial charge in [-0.05, 0) is 11.6 Å². The second-order valence-corrected chi connectivity index (χ2v) is 2.92. The van der Waals surface area contributed by atoms with Crippen molar-refractivity contribution in [2.24, 2.45) is 0 Å². The Hall–Kier alpha value is -1.41. The van der Waals surface area contributed by atoms with Gasteiger partial charge in [-0.2, -0.15) is 5.26 Å². The van der Waals surface area contributed by atoms with Crippen LogP contribution in [0, 0.1) is 11.3 Å². The van der Waals surface area contributed by atoms with Crippen molar-refractivity contribution in [3.05, 3.63) is 22.3 Å². The molecule has 0 aromatic carbocycles. The number of rotatable bonds is 2. The number of halogens is 3. The zero-order chi connectivity index (χ0) is 10.7. The summed E-state index contributed by atoms with van der Waals surface area (Å²) in [6.45, 7) is 0. The van der Waals surface area contributed by atoms with E-state index in [1.165, 1.54) is 6.07 Å². The molecule has 2 N–H and O–H groups in total. The van der Waals surface area contributed by atoms with E-state index in [2.05, 4.69) is 4.98 Å². The fourth-order valence-electron chi connectivity index (χ4n) is 0.985. The topological polar surface area (TPSA) is 62.7 Å². The van der Waals surface area contributed by atoms with Gasteiger partial charge in [-0.25, -0.2) is 13.8 Å². The van der Waals surface area contributed by atoms with Crippen molar-refractivity contribution < 1.29 is 8.78 Å². The van der Waals surface area contributed by atoms with Crippen molar-refractivity contribution in [3.8, 4) is 6.07 Å². The molecule has 0 fully saturated rings. The summed E-state index contributed by atoms with van der Waals surface area (Å²) in [5.41, 5.74) is 4.99. The second-order valence-electron chi connectivity index (χ2n) is 2.54. The average molecular weight is 218 g/mol. The van der Waals surface area contributed by atoms with Crippen LogP contribution in [-0.4, -0.2) is 4.98 Å². The highest BCUT2D eigenvalue weighted by Gasteiger charge is 2.17. The summed E-state index contributed by atoms with van der Waals surface area (Å²) >= 11 is 5.61. The molecule has 1 aromatic rings. The van der Waals surface area contributed by atoms with E-state index >= 15 is 0 Å². The number of nitrogen functional groups attached to an aromatic ring is 1. The third-order valence-electron chi connectivity index (χ3n) is 1.55. The van der Waals surface area contributed by atoms with Crippen LogP contribution < -0.4 is 5.73 Å². The molecule has 0 unspecified atom stereocenters. The maximum absolute atomic E-state index is 12.3. The predicted octanol–water partition coefficient (Wildman–Crippen LogP) is 2.32. The first-order valence-electron chi connectivity index (χ1n) is 3.66. The van der Waals surface area contributed by atoms with Gasteiger partial charge in [0.1, 0.15) is 11.5 Å². The van der Waals surface area contributed by atoms with E-state index in [1.54, 1.807) is 6.07 Å². The molecule has 0 aliphatic heterocycles. The summed E-state index contributed by atoms with van der Waals surface area (Å²) < 4.78 is 24.7. The Balaban J connectivity index is 3.26. The minimum Gasteiger partial charge on any atom is -0.384 e. The predicted molar refractivity (Wildman–Crippen MR) is 47.9 cm³/mol. The van der Waals surface area contributed by atoms with E-state index < -0.39 is 12.1 Å². The molecule has 74 valence electrons. The van der Waals surface area contributed by atoms with E-state index in [9.17, 15) is 8.78 Å². The highest BCUT2D eigenvalue weighted by Crippen LogP contribution is 2.29. The van der Waals surface area contributed by atoms with Crippen molar-refractivity contribution in [1.29, 1.82) is 5.26 Å². The molecule has 1 aromatic heterocycles. The molecule has 0 amide bonds. The van der Waals surface area contributed by atoms with Crippen LogP contribution >= 0.6 is 11.6 Å². The van der Waals surface area contributed by atoms with Gasteiger partial charge in [-0.15, -0.1) is 0 Å². The van der Waals surface area contributed by atoms with Crippen molar-refractivity contribution in [2.75, 3.05) is 5.73 Å². The Morgan fingerprint density at radius 1 is 1.64 bits per heavy atom. The SMILES string of the molecule is N#CCc1cc(N)nc(C(F)F)c1Cl. The minimum absolute atomic E-state index is 0.0602. The number of alkyl halides is 2. The molecule has 6 heteroatoms. The molecule has 1 rings (SSSR count). The van der Waals surface area contributed by atoms with Crippen LogP contribution in [0.1, 0.15) is 17.7 Å². The first kappa shape index (κ1) is 10.7. The van der Waals surface area contributed by atoms with Gasteiger partial charge >= 0.3 is 0 Å². The lowest BCUT2D eigenvalue weighted by Crippen LogP contribution is -2.01. The van der Waals surface area contributed by atoms with Crippen molar-refractivity contribution in [3.63, 3.8) is 0 Å². The number of nitrogens with two attached hydrogens (primary N) is 1. The number of hydrogen-bond donors (Lipinski definition) is 1. The normalized spacial score (nSPS) is 10.2. The molecule has 14 heavy (non-hydrogen) atoms. The van der Waals surface area contributed by atoms with Gasteiger partial charge in [-0.1, -0.05) is 11.6 Å². The molecule has 0 aliphatic carbocycles. The first-order valence-corrected chi connectivity index (χ1v) is 4.04. The van der Waals surface area contributed by atoms with E-state index in [-0.39, 0.29) is 22.8 Å². The van der Waals surface area contributed by atoms with Crippen LogP contribution in [-0.2, 0) is 6.42 Å². The Morgan fingerprint density at radius 3 is 2.79 bits per heavy atom. The number of nitriles is 1. The van der Waals surface area contributed by atoms with Crippen LogP contribution in [0.15, 0.2) is 6.07 Å². The molecule has 0 atom stereocenters. The monoisotopic (exact) mass is 217 g/mol. The van der Waals surface area contributed by atoms with Crippen molar-refractivity contribution >= 4 is 17.4 Å². The molecule has 3 nitrogen and oxygen atoms in total. The van der Waals surface area contributed by atoms with Gasteiger partial charge in [0.2, 0.25) is 0 Å². The smallest absolute Gasteiger partial charge is 0.281 e. The highest BCUT2D eigenvalue weighted by atomic mass is 35.5. The summed E-state index contributed by atoms with van der Waals surface area (Å²) in [6, 6.07) is 3.12. The van der Waals surface area contributed by atoms with E-state index in [0.717, 1.165) is 0 Å². The average Bonchev–Trinajstić information content (AvgIpc) is 2.10. The summed E-state index contributed by atoms with van der Waals surface area (Å²) in [4.78, 5) is 3.40. The Labute approximate surface area is 84.1 Å². The van der Waals surface area contributed by atoms with E-state index in [0.29, 0.717) is 0 Å². The lowest BCUT2D eigenvalue weighted by Gasteiger charge is -2.06. The third kappa shape index (κ3) is 2.09. The fraction of sp³-hybridized carbons (Fsp3) is 0.250. The second kappa shape index (κ2) is 4.20. The molecular weight excluding hydrogens is 212 g/mol. The molecule has 0 saturated heterocycles. The summed E-state index contributed by atoms with van der Waals surface area (Å²) in [7, 11) is 0. The van der Waals surface area contributed by atoms with Crippen molar-refractivity contribution in [1.82, 2.24) is 4.98 Å². The van der Waals surface area contributed by atoms with Crippen LogP contribution in [0.4, 0.5) is 14.6 Å². The fourth-order valence-corrected chi connectivity index (χ4v) is 1.23. The molecular formula is C8H6ClF2N3. The van der Waals surface area contributed by atoms with Crippen LogP contribution in [0.3, 0.4) is 0 Å². The molecule has 0 radical (unpaired) electrons. The standard InChI is InChI=1S/C8H6ClF2N3/c9-6-4(1-2-12)3-5(13)14-7(6)8(10)11/h3,8H,1H2,(H2,13,14). The summed E-state index contributed by atoms with van der Waals surface area (Å²) in [6.07, 6.45) is -2.85. The Bertz CT molecular complexity index is 387. The zero-order valence-electron chi connectivity index (χ0n) is 6.97. The lowest BCUT2D eigenvalue weighted by molar-refractivity contribution is 0.146. The van der Waals surface area contributed by atoms with Gasteiger partial charge in [0.25, 0.3) is 6.43 Å². The van der Waals surface area contributed by atoms with Crippen LogP contribution in [0.25, 0.3) is 0 Å². The zero-order valence-corrected chi connectivity index (χ0v) is 7.72. The minimum atomic E-state index is -2.79. The first-order chi connectivity index (χ1) is 6.56.